The molecule has 2 N–H and O–H groups in total. The standard InChI is InChI=1S/C22H21F2N3O3/c1-4-7-13(5-2)19(28)18-20(25-14-9-10-15(23)16(24)12-14)26-21-17(30-3)8-6-11-27(21)22(18)29/h5-12,19,25,28H,2,4H2,1,3H3/b13-7+. The van der Waals surface area contributed by atoms with Gasteiger partial charge < -0.3 is 15.2 Å². The number of nitrogens with one attached hydrogen (secondary N) is 1. The average Bonchev–Trinajstić information content (AvgIpc) is 2.74. The van der Waals surface area contributed by atoms with Crippen LogP contribution in [0.5, 0.6) is 5.75 Å². The van der Waals surface area contributed by atoms with Crippen molar-refractivity contribution in [2.24, 2.45) is 0 Å². The van der Waals surface area contributed by atoms with E-state index in [1.54, 1.807) is 18.2 Å². The lowest BCUT2D eigenvalue weighted by Crippen LogP contribution is -2.25. The van der Waals surface area contributed by atoms with Gasteiger partial charge in [0.05, 0.1) is 12.7 Å². The fraction of sp³-hybridized carbons (Fsp3) is 0.182. The maximum Gasteiger partial charge on any atom is 0.266 e. The highest BCUT2D eigenvalue weighted by atomic mass is 19.2. The first-order valence-electron chi connectivity index (χ1n) is 9.23. The number of hydrogen-bond acceptors (Lipinski definition) is 5. The lowest BCUT2D eigenvalue weighted by atomic mass is 10.0. The Morgan fingerprint density at radius 1 is 1.37 bits per heavy atom. The van der Waals surface area contributed by atoms with Crippen LogP contribution >= 0.6 is 0 Å². The third kappa shape index (κ3) is 3.95. The third-order valence-corrected chi connectivity index (χ3v) is 4.52. The van der Waals surface area contributed by atoms with Gasteiger partial charge in [-0.2, -0.15) is 0 Å². The number of allylic oxidation sites excluding steroid dienone is 1. The van der Waals surface area contributed by atoms with Crippen molar-refractivity contribution in [3.8, 4) is 5.75 Å². The maximum absolute atomic E-state index is 13.7. The first kappa shape index (κ1) is 21.2. The number of nitrogens with zero attached hydrogens (tertiary/aromatic N) is 2. The second-order valence-corrected chi connectivity index (χ2v) is 6.42. The predicted molar refractivity (Wildman–Crippen MR) is 111 cm³/mol. The smallest absolute Gasteiger partial charge is 0.266 e. The molecule has 0 amide bonds. The molecule has 0 saturated heterocycles. The van der Waals surface area contributed by atoms with E-state index in [1.807, 2.05) is 6.92 Å². The van der Waals surface area contributed by atoms with Gasteiger partial charge in [0.2, 0.25) is 0 Å². The Labute approximate surface area is 171 Å². The van der Waals surface area contributed by atoms with Crippen molar-refractivity contribution in [3.63, 3.8) is 0 Å². The molecule has 1 unspecified atom stereocenters. The Kier molecular flexibility index (Phi) is 6.27. The van der Waals surface area contributed by atoms with E-state index < -0.39 is 23.3 Å². The number of ether oxygens (including phenoxy) is 1. The lowest BCUT2D eigenvalue weighted by molar-refractivity contribution is 0.217. The maximum atomic E-state index is 13.7. The molecule has 156 valence electrons. The minimum atomic E-state index is -1.33. The molecule has 0 saturated carbocycles. The molecule has 0 spiro atoms. The summed E-state index contributed by atoms with van der Waals surface area (Å²) < 4.78 is 33.5. The van der Waals surface area contributed by atoms with E-state index in [4.69, 9.17) is 4.74 Å². The molecular formula is C22H21F2N3O3. The molecule has 30 heavy (non-hydrogen) atoms. The highest BCUT2D eigenvalue weighted by Gasteiger charge is 2.24. The van der Waals surface area contributed by atoms with Gasteiger partial charge in [0, 0.05) is 18.0 Å². The van der Waals surface area contributed by atoms with Crippen LogP contribution in [-0.4, -0.2) is 21.6 Å². The van der Waals surface area contributed by atoms with Crippen molar-refractivity contribution in [1.82, 2.24) is 9.38 Å². The first-order valence-corrected chi connectivity index (χ1v) is 9.23. The summed E-state index contributed by atoms with van der Waals surface area (Å²) >= 11 is 0. The molecule has 6 nitrogen and oxygen atoms in total. The van der Waals surface area contributed by atoms with Gasteiger partial charge in [0.25, 0.3) is 5.56 Å². The van der Waals surface area contributed by atoms with Crippen LogP contribution in [0.1, 0.15) is 25.0 Å². The topological polar surface area (TPSA) is 75.9 Å². The van der Waals surface area contributed by atoms with Gasteiger partial charge >= 0.3 is 0 Å². The van der Waals surface area contributed by atoms with Crippen LogP contribution < -0.4 is 15.6 Å². The number of benzene rings is 1. The minimum Gasteiger partial charge on any atom is -0.493 e. The van der Waals surface area contributed by atoms with Crippen LogP contribution in [0.3, 0.4) is 0 Å². The number of methoxy groups -OCH3 is 1. The van der Waals surface area contributed by atoms with E-state index in [1.165, 1.54) is 29.8 Å². The number of rotatable bonds is 7. The van der Waals surface area contributed by atoms with Gasteiger partial charge in [-0.3, -0.25) is 9.20 Å². The zero-order chi connectivity index (χ0) is 21.8. The molecule has 0 fully saturated rings. The molecule has 0 aliphatic heterocycles. The molecular weight excluding hydrogens is 392 g/mol. The summed E-state index contributed by atoms with van der Waals surface area (Å²) in [5, 5.41) is 13.8. The number of hydrogen-bond donors (Lipinski definition) is 2. The van der Waals surface area contributed by atoms with Gasteiger partial charge in [0.15, 0.2) is 23.0 Å². The largest absolute Gasteiger partial charge is 0.493 e. The molecule has 1 atom stereocenters. The quantitative estimate of drug-likeness (QED) is 0.566. The van der Waals surface area contributed by atoms with Crippen LogP contribution in [0.2, 0.25) is 0 Å². The van der Waals surface area contributed by atoms with Gasteiger partial charge in [0.1, 0.15) is 11.9 Å². The van der Waals surface area contributed by atoms with E-state index in [-0.39, 0.29) is 22.7 Å². The SMILES string of the molecule is C=C/C(=C\CC)C(O)c1c(Nc2ccc(F)c(F)c2)nc2c(OC)cccn2c1=O. The number of anilines is 2. The Bertz CT molecular complexity index is 1190. The van der Waals surface area contributed by atoms with Crippen molar-refractivity contribution >= 4 is 17.2 Å². The van der Waals surface area contributed by atoms with E-state index in [9.17, 15) is 18.7 Å². The first-order chi connectivity index (χ1) is 14.4. The summed E-state index contributed by atoms with van der Waals surface area (Å²) in [5.74, 6) is -1.74. The molecule has 2 aromatic heterocycles. The Morgan fingerprint density at radius 2 is 2.13 bits per heavy atom. The molecule has 0 bridgehead atoms. The van der Waals surface area contributed by atoms with Gasteiger partial charge in [-0.15, -0.1) is 0 Å². The summed E-state index contributed by atoms with van der Waals surface area (Å²) in [6, 6.07) is 6.44. The average molecular weight is 413 g/mol. The number of aliphatic hydroxyl groups is 1. The molecule has 3 aromatic rings. The van der Waals surface area contributed by atoms with Crippen LogP contribution in [0.4, 0.5) is 20.3 Å². The van der Waals surface area contributed by atoms with E-state index in [0.717, 1.165) is 12.1 Å². The van der Waals surface area contributed by atoms with Crippen molar-refractivity contribution in [1.29, 1.82) is 0 Å². The molecule has 0 radical (unpaired) electrons. The third-order valence-electron chi connectivity index (χ3n) is 4.52. The minimum absolute atomic E-state index is 0.00754. The highest BCUT2D eigenvalue weighted by Crippen LogP contribution is 2.30. The molecule has 1 aromatic carbocycles. The van der Waals surface area contributed by atoms with Crippen molar-refractivity contribution in [2.75, 3.05) is 12.4 Å². The summed E-state index contributed by atoms with van der Waals surface area (Å²) in [6.45, 7) is 5.57. The molecule has 0 aliphatic rings. The molecule has 3 rings (SSSR count). The summed E-state index contributed by atoms with van der Waals surface area (Å²) in [6.07, 6.45) is 3.97. The van der Waals surface area contributed by atoms with Crippen molar-refractivity contribution in [3.05, 3.63) is 88.4 Å². The fourth-order valence-electron chi connectivity index (χ4n) is 3.07. The van der Waals surface area contributed by atoms with Crippen LogP contribution in [0, 0.1) is 11.6 Å². The zero-order valence-corrected chi connectivity index (χ0v) is 16.5. The van der Waals surface area contributed by atoms with Crippen molar-refractivity contribution < 1.29 is 18.6 Å². The van der Waals surface area contributed by atoms with E-state index in [0.29, 0.717) is 17.7 Å². The molecule has 8 heteroatoms. The second kappa shape index (κ2) is 8.87. The number of halogens is 2. The monoisotopic (exact) mass is 413 g/mol. The fourth-order valence-corrected chi connectivity index (χ4v) is 3.07. The molecule has 0 aliphatic carbocycles. The summed E-state index contributed by atoms with van der Waals surface area (Å²) in [5.41, 5.74) is 0.178. The summed E-state index contributed by atoms with van der Waals surface area (Å²) in [7, 11) is 1.44. The number of fused-ring (bicyclic) bond motifs is 1. The molecule has 2 heterocycles. The van der Waals surface area contributed by atoms with E-state index >= 15 is 0 Å². The Balaban J connectivity index is 2.28. The Morgan fingerprint density at radius 3 is 2.77 bits per heavy atom. The normalized spacial score (nSPS) is 12.6. The Hall–Kier alpha value is -3.52. The van der Waals surface area contributed by atoms with Gasteiger partial charge in [-0.1, -0.05) is 25.7 Å². The lowest BCUT2D eigenvalue weighted by Gasteiger charge is -2.18. The van der Waals surface area contributed by atoms with Crippen LogP contribution in [-0.2, 0) is 0 Å². The number of aliphatic hydroxyl groups excluding tert-OH is 1. The zero-order valence-electron chi connectivity index (χ0n) is 16.5. The van der Waals surface area contributed by atoms with Gasteiger partial charge in [-0.05, 0) is 36.3 Å². The summed E-state index contributed by atoms with van der Waals surface area (Å²) in [4.78, 5) is 17.7. The van der Waals surface area contributed by atoms with Crippen LogP contribution in [0.15, 0.2) is 65.6 Å². The number of pyridine rings is 1. The second-order valence-electron chi connectivity index (χ2n) is 6.42. The van der Waals surface area contributed by atoms with Gasteiger partial charge in [-0.25, -0.2) is 13.8 Å². The van der Waals surface area contributed by atoms with E-state index in [2.05, 4.69) is 16.9 Å². The van der Waals surface area contributed by atoms with Crippen LogP contribution in [0.25, 0.3) is 5.65 Å². The van der Waals surface area contributed by atoms with Crippen molar-refractivity contribution in [2.45, 2.75) is 19.4 Å². The predicted octanol–water partition coefficient (Wildman–Crippen LogP) is 4.28. The highest BCUT2D eigenvalue weighted by molar-refractivity contribution is 5.66. The number of aromatic nitrogens is 2.